The topological polar surface area (TPSA) is 84.5 Å². The van der Waals surface area contributed by atoms with E-state index in [1.165, 1.54) is 19.1 Å². The van der Waals surface area contributed by atoms with Gasteiger partial charge in [0, 0.05) is 12.1 Å². The van der Waals surface area contributed by atoms with Gasteiger partial charge in [-0.2, -0.15) is 0 Å². The Balaban J connectivity index is 1.40. The summed E-state index contributed by atoms with van der Waals surface area (Å²) < 4.78 is 18.0. The largest absolute Gasteiger partial charge is 0.451 e. The number of hydrogen-bond donors (Lipinski definition) is 2. The normalized spacial score (nSPS) is 11.5. The Hall–Kier alpha value is -3.74. The molecule has 0 fully saturated rings. The van der Waals surface area contributed by atoms with Gasteiger partial charge < -0.3 is 15.4 Å². The van der Waals surface area contributed by atoms with Gasteiger partial charge in [-0.05, 0) is 53.9 Å². The molecule has 3 rings (SSSR count). The van der Waals surface area contributed by atoms with Crippen LogP contribution < -0.4 is 10.6 Å². The molecule has 0 bridgehead atoms. The summed E-state index contributed by atoms with van der Waals surface area (Å²) in [7, 11) is 0. The van der Waals surface area contributed by atoms with Crippen LogP contribution in [0.15, 0.2) is 66.7 Å². The highest BCUT2D eigenvalue weighted by atomic mass is 19.1. The fraction of sp³-hybridized carbons (Fsp3) is 0.208. The van der Waals surface area contributed by atoms with E-state index in [4.69, 9.17) is 4.74 Å². The van der Waals surface area contributed by atoms with E-state index in [0.717, 1.165) is 16.3 Å². The molecule has 0 aliphatic carbocycles. The van der Waals surface area contributed by atoms with Gasteiger partial charge in [0.25, 0.3) is 11.8 Å². The van der Waals surface area contributed by atoms with Crippen LogP contribution in [-0.2, 0) is 20.7 Å². The third-order valence-corrected chi connectivity index (χ3v) is 4.71. The van der Waals surface area contributed by atoms with Gasteiger partial charge in [0.05, 0.1) is 0 Å². The zero-order valence-electron chi connectivity index (χ0n) is 17.1. The lowest BCUT2D eigenvalue weighted by Gasteiger charge is -2.14. The first kappa shape index (κ1) is 22.0. The number of nitrogens with one attached hydrogen (secondary N) is 2. The van der Waals surface area contributed by atoms with Crippen LogP contribution in [-0.4, -0.2) is 37.0 Å². The zero-order chi connectivity index (χ0) is 22.2. The predicted octanol–water partition coefficient (Wildman–Crippen LogP) is 3.00. The molecule has 2 N–H and O–H groups in total. The minimum absolute atomic E-state index is 0.318. The molecule has 160 valence electrons. The van der Waals surface area contributed by atoms with E-state index in [1.54, 1.807) is 24.3 Å². The predicted molar refractivity (Wildman–Crippen MR) is 115 cm³/mol. The molecule has 0 unspecified atom stereocenters. The van der Waals surface area contributed by atoms with Crippen LogP contribution in [0, 0.1) is 5.82 Å². The average Bonchev–Trinajstić information content (AvgIpc) is 2.78. The first-order chi connectivity index (χ1) is 14.9. The van der Waals surface area contributed by atoms with Gasteiger partial charge in [0.2, 0.25) is 0 Å². The molecule has 3 aromatic carbocycles. The van der Waals surface area contributed by atoms with Gasteiger partial charge in [-0.3, -0.25) is 14.4 Å². The summed E-state index contributed by atoms with van der Waals surface area (Å²) in [6, 6.07) is 18.9. The van der Waals surface area contributed by atoms with Crippen molar-refractivity contribution in [2.45, 2.75) is 19.4 Å². The summed E-state index contributed by atoms with van der Waals surface area (Å²) in [6.45, 7) is 1.43. The molecule has 0 saturated carbocycles. The van der Waals surface area contributed by atoms with Crippen molar-refractivity contribution in [3.63, 3.8) is 0 Å². The maximum Gasteiger partial charge on any atom is 0.326 e. The SMILES string of the molecule is C[C@@H](OC(=O)CNC(=O)c1ccc2ccccc2c1)C(=O)NCCc1ccc(F)cc1. The molecule has 0 aromatic heterocycles. The Morgan fingerprint density at radius 2 is 1.65 bits per heavy atom. The summed E-state index contributed by atoms with van der Waals surface area (Å²) in [5.41, 5.74) is 1.31. The lowest BCUT2D eigenvalue weighted by Crippen LogP contribution is -2.39. The molecule has 0 spiro atoms. The van der Waals surface area contributed by atoms with Crippen molar-refractivity contribution >= 4 is 28.6 Å². The fourth-order valence-corrected chi connectivity index (χ4v) is 3.00. The van der Waals surface area contributed by atoms with Crippen LogP contribution in [0.4, 0.5) is 4.39 Å². The Labute approximate surface area is 179 Å². The van der Waals surface area contributed by atoms with E-state index in [0.29, 0.717) is 18.5 Å². The number of hydrogen-bond acceptors (Lipinski definition) is 4. The molecular formula is C24H23FN2O4. The van der Waals surface area contributed by atoms with Gasteiger partial charge in [-0.25, -0.2) is 4.39 Å². The molecule has 2 amide bonds. The average molecular weight is 422 g/mol. The van der Waals surface area contributed by atoms with Crippen molar-refractivity contribution < 1.29 is 23.5 Å². The van der Waals surface area contributed by atoms with E-state index in [2.05, 4.69) is 10.6 Å². The van der Waals surface area contributed by atoms with Crippen LogP contribution in [0.25, 0.3) is 10.8 Å². The molecule has 0 aliphatic heterocycles. The van der Waals surface area contributed by atoms with E-state index in [-0.39, 0.29) is 12.4 Å². The maximum absolute atomic E-state index is 12.9. The lowest BCUT2D eigenvalue weighted by atomic mass is 10.1. The Bertz CT molecular complexity index is 1080. The van der Waals surface area contributed by atoms with Crippen molar-refractivity contribution in [3.8, 4) is 0 Å². The van der Waals surface area contributed by atoms with Crippen molar-refractivity contribution in [2.24, 2.45) is 0 Å². The smallest absolute Gasteiger partial charge is 0.326 e. The first-order valence-corrected chi connectivity index (χ1v) is 9.91. The van der Waals surface area contributed by atoms with Crippen molar-refractivity contribution in [1.82, 2.24) is 10.6 Å². The number of rotatable bonds is 8. The van der Waals surface area contributed by atoms with E-state index in [9.17, 15) is 18.8 Å². The van der Waals surface area contributed by atoms with Gasteiger partial charge in [0.15, 0.2) is 6.10 Å². The lowest BCUT2D eigenvalue weighted by molar-refractivity contribution is -0.153. The molecule has 6 nitrogen and oxygen atoms in total. The minimum atomic E-state index is -1.00. The van der Waals surface area contributed by atoms with Crippen molar-refractivity contribution in [3.05, 3.63) is 83.7 Å². The number of amides is 2. The van der Waals surface area contributed by atoms with Crippen LogP contribution in [0.3, 0.4) is 0 Å². The highest BCUT2D eigenvalue weighted by Crippen LogP contribution is 2.15. The number of benzene rings is 3. The fourth-order valence-electron chi connectivity index (χ4n) is 3.00. The van der Waals surface area contributed by atoms with Crippen molar-refractivity contribution in [1.29, 1.82) is 0 Å². The number of carbonyl (C=O) groups excluding carboxylic acids is 3. The monoisotopic (exact) mass is 422 g/mol. The van der Waals surface area contributed by atoms with E-state index in [1.807, 2.05) is 30.3 Å². The number of fused-ring (bicyclic) bond motifs is 1. The van der Waals surface area contributed by atoms with Crippen molar-refractivity contribution in [2.75, 3.05) is 13.1 Å². The van der Waals surface area contributed by atoms with E-state index < -0.39 is 23.9 Å². The first-order valence-electron chi connectivity index (χ1n) is 9.91. The van der Waals surface area contributed by atoms with Crippen LogP contribution in [0.2, 0.25) is 0 Å². The van der Waals surface area contributed by atoms with Crippen LogP contribution in [0.1, 0.15) is 22.8 Å². The second kappa shape index (κ2) is 10.3. The number of esters is 1. The summed E-state index contributed by atoms with van der Waals surface area (Å²) in [6.07, 6.45) is -0.479. The van der Waals surface area contributed by atoms with Crippen LogP contribution >= 0.6 is 0 Å². The molecule has 0 aliphatic rings. The Kier molecular flexibility index (Phi) is 7.32. The third kappa shape index (κ3) is 6.37. The molecule has 1 atom stereocenters. The van der Waals surface area contributed by atoms with Gasteiger partial charge >= 0.3 is 5.97 Å². The van der Waals surface area contributed by atoms with Crippen LogP contribution in [0.5, 0.6) is 0 Å². The number of carbonyl (C=O) groups is 3. The standard InChI is InChI=1S/C24H23FN2O4/c1-16(23(29)26-13-12-17-6-10-21(25)11-7-17)31-22(28)15-27-24(30)20-9-8-18-4-2-3-5-19(18)14-20/h2-11,14,16H,12-13,15H2,1H3,(H,26,29)(H,27,30)/t16-/m1/s1. The molecular weight excluding hydrogens is 399 g/mol. The summed E-state index contributed by atoms with van der Waals surface area (Å²) >= 11 is 0. The molecule has 31 heavy (non-hydrogen) atoms. The Morgan fingerprint density at radius 1 is 0.935 bits per heavy atom. The quantitative estimate of drug-likeness (QED) is 0.547. The third-order valence-electron chi connectivity index (χ3n) is 4.71. The number of halogens is 1. The highest BCUT2D eigenvalue weighted by molar-refractivity contribution is 5.99. The molecule has 0 heterocycles. The zero-order valence-corrected chi connectivity index (χ0v) is 17.1. The summed E-state index contributed by atoms with van der Waals surface area (Å²) in [5.74, 6) is -1.88. The number of ether oxygens (including phenoxy) is 1. The van der Waals surface area contributed by atoms with E-state index >= 15 is 0 Å². The maximum atomic E-state index is 12.9. The summed E-state index contributed by atoms with van der Waals surface area (Å²) in [5, 5.41) is 7.09. The summed E-state index contributed by atoms with van der Waals surface area (Å²) in [4.78, 5) is 36.3. The second-order valence-corrected chi connectivity index (χ2v) is 7.04. The Morgan fingerprint density at radius 3 is 2.39 bits per heavy atom. The second-order valence-electron chi connectivity index (χ2n) is 7.04. The minimum Gasteiger partial charge on any atom is -0.451 e. The highest BCUT2D eigenvalue weighted by Gasteiger charge is 2.18. The molecule has 0 saturated heterocycles. The molecule has 0 radical (unpaired) electrons. The molecule has 3 aromatic rings. The molecule has 7 heteroatoms. The van der Waals surface area contributed by atoms with Gasteiger partial charge in [0.1, 0.15) is 12.4 Å². The van der Waals surface area contributed by atoms with Gasteiger partial charge in [-0.15, -0.1) is 0 Å². The van der Waals surface area contributed by atoms with Gasteiger partial charge in [-0.1, -0.05) is 42.5 Å².